The Kier molecular flexibility index (Phi) is 7.43. The molecule has 30 heavy (non-hydrogen) atoms. The van der Waals surface area contributed by atoms with E-state index in [1.807, 2.05) is 18.2 Å². The number of para-hydroxylation sites is 1. The van der Waals surface area contributed by atoms with E-state index >= 15 is 0 Å². The van der Waals surface area contributed by atoms with Crippen LogP contribution in [0.5, 0.6) is 0 Å². The topological polar surface area (TPSA) is 103 Å². The standard InChI is InChI=1S/C22H30N4O4/c1-15(2)25(21(29)30-22(3,4)5)14-19(27)26-13-16(11-18(26)12-23)20(28)24-17-9-7-6-8-10-17/h6-10,15-16,18H,11,13-14H2,1-5H3,(H,24,28). The van der Waals surface area contributed by atoms with E-state index in [2.05, 4.69) is 11.4 Å². The SMILES string of the molecule is CC(C)N(CC(=O)N1CC(C(=O)Nc2ccccc2)CC1C#N)C(=O)OC(C)(C)C. The van der Waals surface area contributed by atoms with Crippen LogP contribution < -0.4 is 5.32 Å². The second-order valence-corrected chi connectivity index (χ2v) is 8.68. The molecule has 2 rings (SSSR count). The number of nitrogens with one attached hydrogen (secondary N) is 1. The lowest BCUT2D eigenvalue weighted by Gasteiger charge is -2.31. The lowest BCUT2D eigenvalue weighted by Crippen LogP contribution is -2.48. The van der Waals surface area contributed by atoms with Gasteiger partial charge in [0, 0.05) is 18.3 Å². The molecule has 8 heteroatoms. The Labute approximate surface area is 177 Å². The van der Waals surface area contributed by atoms with Crippen molar-refractivity contribution < 1.29 is 19.1 Å². The fourth-order valence-corrected chi connectivity index (χ4v) is 3.20. The highest BCUT2D eigenvalue weighted by atomic mass is 16.6. The fraction of sp³-hybridized carbons (Fsp3) is 0.545. The number of benzene rings is 1. The maximum Gasteiger partial charge on any atom is 0.410 e. The van der Waals surface area contributed by atoms with Crippen molar-refractivity contribution in [1.82, 2.24) is 9.80 Å². The van der Waals surface area contributed by atoms with E-state index in [0.717, 1.165) is 0 Å². The molecule has 1 aliphatic rings. The number of nitrogens with zero attached hydrogens (tertiary/aromatic N) is 3. The van der Waals surface area contributed by atoms with Crippen molar-refractivity contribution in [3.63, 3.8) is 0 Å². The Morgan fingerprint density at radius 2 is 1.90 bits per heavy atom. The van der Waals surface area contributed by atoms with Gasteiger partial charge in [-0.15, -0.1) is 0 Å². The van der Waals surface area contributed by atoms with E-state index in [1.165, 1.54) is 9.80 Å². The summed E-state index contributed by atoms with van der Waals surface area (Å²) in [6, 6.07) is 10.2. The molecule has 0 saturated carbocycles. The average Bonchev–Trinajstić information content (AvgIpc) is 3.09. The number of hydrogen-bond acceptors (Lipinski definition) is 5. The first-order chi connectivity index (χ1) is 14.0. The highest BCUT2D eigenvalue weighted by Gasteiger charge is 2.40. The molecule has 0 radical (unpaired) electrons. The number of ether oxygens (including phenoxy) is 1. The van der Waals surface area contributed by atoms with Gasteiger partial charge in [0.15, 0.2) is 0 Å². The van der Waals surface area contributed by atoms with Crippen LogP contribution in [0.15, 0.2) is 30.3 Å². The molecule has 0 aliphatic carbocycles. The number of carbonyl (C=O) groups excluding carboxylic acids is 3. The summed E-state index contributed by atoms with van der Waals surface area (Å²) in [5, 5.41) is 12.3. The van der Waals surface area contributed by atoms with Gasteiger partial charge in [-0.1, -0.05) is 18.2 Å². The number of nitriles is 1. The number of anilines is 1. The molecule has 1 N–H and O–H groups in total. The van der Waals surface area contributed by atoms with Gasteiger partial charge in [-0.25, -0.2) is 4.79 Å². The Hall–Kier alpha value is -3.08. The van der Waals surface area contributed by atoms with E-state index in [9.17, 15) is 19.6 Å². The van der Waals surface area contributed by atoms with Crippen LogP contribution in [0.4, 0.5) is 10.5 Å². The van der Waals surface area contributed by atoms with Crippen LogP contribution in [0.25, 0.3) is 0 Å². The fourth-order valence-electron chi connectivity index (χ4n) is 3.20. The number of hydrogen-bond donors (Lipinski definition) is 1. The Morgan fingerprint density at radius 1 is 1.27 bits per heavy atom. The summed E-state index contributed by atoms with van der Waals surface area (Å²) >= 11 is 0. The van der Waals surface area contributed by atoms with E-state index in [1.54, 1.807) is 46.8 Å². The number of carbonyl (C=O) groups is 3. The first-order valence-corrected chi connectivity index (χ1v) is 10.1. The van der Waals surface area contributed by atoms with Gasteiger partial charge in [-0.3, -0.25) is 14.5 Å². The minimum atomic E-state index is -0.711. The molecule has 1 saturated heterocycles. The number of rotatable bonds is 5. The summed E-state index contributed by atoms with van der Waals surface area (Å²) in [4.78, 5) is 40.7. The van der Waals surface area contributed by atoms with Crippen LogP contribution in [0.1, 0.15) is 41.0 Å². The van der Waals surface area contributed by atoms with Crippen LogP contribution in [-0.2, 0) is 14.3 Å². The molecule has 0 spiro atoms. The summed E-state index contributed by atoms with van der Waals surface area (Å²) in [6.45, 7) is 8.78. The maximum absolute atomic E-state index is 12.9. The first-order valence-electron chi connectivity index (χ1n) is 10.1. The second-order valence-electron chi connectivity index (χ2n) is 8.68. The van der Waals surface area contributed by atoms with Gasteiger partial charge in [-0.2, -0.15) is 5.26 Å². The van der Waals surface area contributed by atoms with E-state index < -0.39 is 23.7 Å². The minimum Gasteiger partial charge on any atom is -0.444 e. The highest BCUT2D eigenvalue weighted by molar-refractivity contribution is 5.94. The molecule has 1 aromatic rings. The maximum atomic E-state index is 12.9. The van der Waals surface area contributed by atoms with Gasteiger partial charge in [0.25, 0.3) is 0 Å². The van der Waals surface area contributed by atoms with Crippen molar-refractivity contribution in [2.45, 2.75) is 58.7 Å². The van der Waals surface area contributed by atoms with Crippen molar-refractivity contribution in [2.75, 3.05) is 18.4 Å². The molecular formula is C22H30N4O4. The van der Waals surface area contributed by atoms with E-state index in [-0.39, 0.29) is 37.4 Å². The molecule has 1 aliphatic heterocycles. The molecule has 0 bridgehead atoms. The third kappa shape index (κ3) is 6.21. The summed E-state index contributed by atoms with van der Waals surface area (Å²) in [5.41, 5.74) is -0.0202. The molecule has 1 fully saturated rings. The Bertz CT molecular complexity index is 811. The zero-order valence-corrected chi connectivity index (χ0v) is 18.2. The quantitative estimate of drug-likeness (QED) is 0.798. The zero-order chi connectivity index (χ0) is 22.5. The Balaban J connectivity index is 2.05. The van der Waals surface area contributed by atoms with Gasteiger partial charge in [-0.05, 0) is 53.2 Å². The lowest BCUT2D eigenvalue weighted by atomic mass is 10.1. The van der Waals surface area contributed by atoms with Gasteiger partial charge < -0.3 is 15.0 Å². The summed E-state index contributed by atoms with van der Waals surface area (Å²) in [7, 11) is 0. The zero-order valence-electron chi connectivity index (χ0n) is 18.2. The minimum absolute atomic E-state index is 0.135. The summed E-state index contributed by atoms with van der Waals surface area (Å²) in [6.07, 6.45) is -0.327. The molecule has 0 aromatic heterocycles. The van der Waals surface area contributed by atoms with Crippen LogP contribution in [0, 0.1) is 17.2 Å². The van der Waals surface area contributed by atoms with E-state index in [4.69, 9.17) is 4.74 Å². The van der Waals surface area contributed by atoms with Gasteiger partial charge in [0.2, 0.25) is 11.8 Å². The predicted molar refractivity (Wildman–Crippen MR) is 112 cm³/mol. The monoisotopic (exact) mass is 414 g/mol. The average molecular weight is 415 g/mol. The van der Waals surface area contributed by atoms with Crippen molar-refractivity contribution in [3.05, 3.63) is 30.3 Å². The summed E-state index contributed by atoms with van der Waals surface area (Å²) < 4.78 is 5.39. The highest BCUT2D eigenvalue weighted by Crippen LogP contribution is 2.25. The predicted octanol–water partition coefficient (Wildman–Crippen LogP) is 3.01. The number of amides is 3. The molecule has 162 valence electrons. The largest absolute Gasteiger partial charge is 0.444 e. The van der Waals surface area contributed by atoms with Crippen LogP contribution in [-0.4, -0.2) is 58.5 Å². The molecule has 2 atom stereocenters. The normalized spacial score (nSPS) is 18.6. The molecular weight excluding hydrogens is 384 g/mol. The third-order valence-electron chi connectivity index (χ3n) is 4.74. The lowest BCUT2D eigenvalue weighted by molar-refractivity contribution is -0.133. The molecule has 2 unspecified atom stereocenters. The smallest absolute Gasteiger partial charge is 0.410 e. The van der Waals surface area contributed by atoms with Gasteiger partial charge >= 0.3 is 6.09 Å². The summed E-state index contributed by atoms with van der Waals surface area (Å²) in [5.74, 6) is -1.10. The van der Waals surface area contributed by atoms with Gasteiger partial charge in [0.1, 0.15) is 18.2 Å². The molecule has 3 amide bonds. The van der Waals surface area contributed by atoms with Gasteiger partial charge in [0.05, 0.1) is 12.0 Å². The molecule has 1 heterocycles. The molecule has 1 aromatic carbocycles. The van der Waals surface area contributed by atoms with Crippen LogP contribution >= 0.6 is 0 Å². The first kappa shape index (κ1) is 23.2. The van der Waals surface area contributed by atoms with Crippen LogP contribution in [0.2, 0.25) is 0 Å². The second kappa shape index (κ2) is 9.61. The Morgan fingerprint density at radius 3 is 2.43 bits per heavy atom. The van der Waals surface area contributed by atoms with Crippen molar-refractivity contribution in [2.24, 2.45) is 5.92 Å². The van der Waals surface area contributed by atoms with Crippen molar-refractivity contribution in [3.8, 4) is 6.07 Å². The molecule has 8 nitrogen and oxygen atoms in total. The van der Waals surface area contributed by atoms with Crippen molar-refractivity contribution >= 4 is 23.6 Å². The van der Waals surface area contributed by atoms with Crippen molar-refractivity contribution in [1.29, 1.82) is 5.26 Å². The number of likely N-dealkylation sites (tertiary alicyclic amines) is 1. The third-order valence-corrected chi connectivity index (χ3v) is 4.74. The van der Waals surface area contributed by atoms with Crippen LogP contribution in [0.3, 0.4) is 0 Å². The van der Waals surface area contributed by atoms with E-state index in [0.29, 0.717) is 5.69 Å².